The van der Waals surface area contributed by atoms with Crippen LogP contribution in [0.5, 0.6) is 5.75 Å². The first-order chi connectivity index (χ1) is 9.90. The summed E-state index contributed by atoms with van der Waals surface area (Å²) < 4.78 is 5.11. The van der Waals surface area contributed by atoms with Gasteiger partial charge in [0.1, 0.15) is 24.1 Å². The molecule has 0 heterocycles. The molecule has 0 radical (unpaired) electrons. The molecular formula is C14H17N3O4. The molecule has 112 valence electrons. The van der Waals surface area contributed by atoms with Crippen molar-refractivity contribution in [2.75, 3.05) is 19.0 Å². The van der Waals surface area contributed by atoms with Gasteiger partial charge in [0.05, 0.1) is 12.7 Å². The Labute approximate surface area is 122 Å². The molecule has 21 heavy (non-hydrogen) atoms. The molecule has 0 bridgehead atoms. The number of amides is 2. The van der Waals surface area contributed by atoms with E-state index in [0.717, 1.165) is 4.90 Å². The summed E-state index contributed by atoms with van der Waals surface area (Å²) in [6.45, 7) is 2.98. The van der Waals surface area contributed by atoms with Gasteiger partial charge >= 0.3 is 12.0 Å². The van der Waals surface area contributed by atoms with Gasteiger partial charge in [-0.1, -0.05) is 6.07 Å². The van der Waals surface area contributed by atoms with Crippen LogP contribution in [0, 0.1) is 11.3 Å². The van der Waals surface area contributed by atoms with Gasteiger partial charge in [-0.15, -0.1) is 0 Å². The molecule has 0 atom stereocenters. The molecule has 1 rings (SSSR count). The molecule has 0 saturated carbocycles. The molecule has 1 aromatic rings. The Morgan fingerprint density at radius 2 is 2.14 bits per heavy atom. The lowest BCUT2D eigenvalue weighted by Gasteiger charge is -2.25. The van der Waals surface area contributed by atoms with E-state index in [1.165, 1.54) is 13.2 Å². The largest absolute Gasteiger partial charge is 0.495 e. The van der Waals surface area contributed by atoms with E-state index in [4.69, 9.17) is 15.1 Å². The number of nitrogens with one attached hydrogen (secondary N) is 1. The van der Waals surface area contributed by atoms with E-state index in [0.29, 0.717) is 5.75 Å². The predicted octanol–water partition coefficient (Wildman–Crippen LogP) is 1.89. The summed E-state index contributed by atoms with van der Waals surface area (Å²) >= 11 is 0. The van der Waals surface area contributed by atoms with Crippen molar-refractivity contribution in [3.05, 3.63) is 23.8 Å². The minimum atomic E-state index is -1.11. The van der Waals surface area contributed by atoms with Crippen molar-refractivity contribution < 1.29 is 19.4 Å². The zero-order valence-corrected chi connectivity index (χ0v) is 12.1. The second-order valence-corrected chi connectivity index (χ2v) is 4.54. The molecule has 0 aliphatic rings. The first-order valence-electron chi connectivity index (χ1n) is 6.27. The number of urea groups is 1. The Balaban J connectivity index is 3.06. The van der Waals surface area contributed by atoms with E-state index in [1.807, 2.05) is 6.07 Å². The fourth-order valence-corrected chi connectivity index (χ4v) is 1.74. The molecule has 0 spiro atoms. The van der Waals surface area contributed by atoms with Crippen LogP contribution in [0.25, 0.3) is 0 Å². The van der Waals surface area contributed by atoms with E-state index in [1.54, 1.807) is 26.0 Å². The number of para-hydroxylation sites is 1. The molecule has 7 nitrogen and oxygen atoms in total. The minimum Gasteiger partial charge on any atom is -0.495 e. The fraction of sp³-hybridized carbons (Fsp3) is 0.357. The van der Waals surface area contributed by atoms with Crippen LogP contribution in [-0.2, 0) is 4.79 Å². The average Bonchev–Trinajstić information content (AvgIpc) is 2.44. The van der Waals surface area contributed by atoms with Crippen LogP contribution in [0.1, 0.15) is 19.4 Å². The maximum atomic E-state index is 12.2. The first-order valence-corrected chi connectivity index (χ1v) is 6.27. The van der Waals surface area contributed by atoms with Gasteiger partial charge in [0.15, 0.2) is 0 Å². The number of carbonyl (C=O) groups is 2. The topological polar surface area (TPSA) is 103 Å². The molecule has 0 aliphatic carbocycles. The molecule has 0 aliphatic heterocycles. The maximum Gasteiger partial charge on any atom is 0.323 e. The van der Waals surface area contributed by atoms with Crippen LogP contribution in [0.2, 0.25) is 0 Å². The third-order valence-electron chi connectivity index (χ3n) is 2.79. The Kier molecular flexibility index (Phi) is 5.55. The summed E-state index contributed by atoms with van der Waals surface area (Å²) in [5, 5.41) is 20.5. The normalized spacial score (nSPS) is 9.86. The first kappa shape index (κ1) is 16.3. The van der Waals surface area contributed by atoms with Crippen molar-refractivity contribution in [1.82, 2.24) is 4.90 Å². The Morgan fingerprint density at radius 3 is 2.62 bits per heavy atom. The van der Waals surface area contributed by atoms with Gasteiger partial charge < -0.3 is 20.1 Å². The summed E-state index contributed by atoms with van der Waals surface area (Å²) in [5.41, 5.74) is 0.463. The molecule has 2 amide bonds. The lowest BCUT2D eigenvalue weighted by atomic mass is 10.2. The zero-order chi connectivity index (χ0) is 16.0. The van der Waals surface area contributed by atoms with Crippen LogP contribution in [0.4, 0.5) is 10.5 Å². The van der Waals surface area contributed by atoms with Crippen molar-refractivity contribution in [3.63, 3.8) is 0 Å². The van der Waals surface area contributed by atoms with Crippen LogP contribution in [-0.4, -0.2) is 41.7 Å². The van der Waals surface area contributed by atoms with Gasteiger partial charge in [0.2, 0.25) is 0 Å². The number of rotatable bonds is 5. The predicted molar refractivity (Wildman–Crippen MR) is 76.2 cm³/mol. The number of carboxylic acids is 1. The number of hydrogen-bond donors (Lipinski definition) is 2. The van der Waals surface area contributed by atoms with Crippen molar-refractivity contribution in [2.45, 2.75) is 19.9 Å². The van der Waals surface area contributed by atoms with Crippen LogP contribution < -0.4 is 10.1 Å². The number of benzene rings is 1. The zero-order valence-electron chi connectivity index (χ0n) is 12.1. The summed E-state index contributed by atoms with van der Waals surface area (Å²) in [6, 6.07) is 5.82. The average molecular weight is 291 g/mol. The summed E-state index contributed by atoms with van der Waals surface area (Å²) in [7, 11) is 1.42. The highest BCUT2D eigenvalue weighted by molar-refractivity contribution is 5.94. The lowest BCUT2D eigenvalue weighted by Crippen LogP contribution is -2.43. The van der Waals surface area contributed by atoms with Crippen molar-refractivity contribution in [1.29, 1.82) is 5.26 Å². The Morgan fingerprint density at radius 1 is 1.48 bits per heavy atom. The quantitative estimate of drug-likeness (QED) is 0.862. The monoisotopic (exact) mass is 291 g/mol. The highest BCUT2D eigenvalue weighted by atomic mass is 16.5. The maximum absolute atomic E-state index is 12.2. The van der Waals surface area contributed by atoms with Gasteiger partial charge in [0.25, 0.3) is 0 Å². The number of methoxy groups -OCH3 is 1. The fourth-order valence-electron chi connectivity index (χ4n) is 1.74. The number of nitriles is 1. The molecule has 0 fully saturated rings. The van der Waals surface area contributed by atoms with Crippen LogP contribution in [0.3, 0.4) is 0 Å². The summed E-state index contributed by atoms with van der Waals surface area (Å²) in [4.78, 5) is 24.2. The molecule has 0 aromatic heterocycles. The number of hydrogen-bond acceptors (Lipinski definition) is 4. The van der Waals surface area contributed by atoms with Gasteiger partial charge in [-0.25, -0.2) is 4.79 Å². The molecule has 7 heteroatoms. The second-order valence-electron chi connectivity index (χ2n) is 4.54. The number of anilines is 1. The van der Waals surface area contributed by atoms with E-state index in [2.05, 4.69) is 5.32 Å². The van der Waals surface area contributed by atoms with Crippen LogP contribution in [0.15, 0.2) is 18.2 Å². The van der Waals surface area contributed by atoms with E-state index in [-0.39, 0.29) is 17.3 Å². The lowest BCUT2D eigenvalue weighted by molar-refractivity contribution is -0.137. The third kappa shape index (κ3) is 4.11. The van der Waals surface area contributed by atoms with Gasteiger partial charge in [-0.3, -0.25) is 4.79 Å². The smallest absolute Gasteiger partial charge is 0.323 e. The van der Waals surface area contributed by atoms with Crippen molar-refractivity contribution in [2.24, 2.45) is 0 Å². The minimum absolute atomic E-state index is 0.225. The molecule has 0 saturated heterocycles. The SMILES string of the molecule is COc1cccc(C#N)c1NC(=O)N(CC(=O)O)C(C)C. The van der Waals surface area contributed by atoms with E-state index < -0.39 is 18.5 Å². The molecule has 1 aromatic carbocycles. The number of nitrogens with zero attached hydrogens (tertiary/aromatic N) is 2. The van der Waals surface area contributed by atoms with Gasteiger partial charge in [0, 0.05) is 6.04 Å². The number of ether oxygens (including phenoxy) is 1. The number of carbonyl (C=O) groups excluding carboxylic acids is 1. The molecular weight excluding hydrogens is 274 g/mol. The molecule has 2 N–H and O–H groups in total. The second kappa shape index (κ2) is 7.14. The highest BCUT2D eigenvalue weighted by Crippen LogP contribution is 2.28. The van der Waals surface area contributed by atoms with Crippen LogP contribution >= 0.6 is 0 Å². The summed E-state index contributed by atoms with van der Waals surface area (Å²) in [6.07, 6.45) is 0. The Bertz CT molecular complexity index is 578. The van der Waals surface area contributed by atoms with E-state index in [9.17, 15) is 9.59 Å². The summed E-state index contributed by atoms with van der Waals surface area (Å²) in [5.74, 6) is -0.777. The van der Waals surface area contributed by atoms with Crippen molar-refractivity contribution >= 4 is 17.7 Å². The van der Waals surface area contributed by atoms with Crippen molar-refractivity contribution in [3.8, 4) is 11.8 Å². The number of aliphatic carboxylic acids is 1. The standard InChI is InChI=1S/C14H17N3O4/c1-9(2)17(8-12(18)19)14(20)16-13-10(7-15)5-4-6-11(13)21-3/h4-6,9H,8H2,1-3H3,(H,16,20)(H,18,19). The molecule has 0 unspecified atom stereocenters. The van der Waals surface area contributed by atoms with Gasteiger partial charge in [-0.05, 0) is 26.0 Å². The van der Waals surface area contributed by atoms with Gasteiger partial charge in [-0.2, -0.15) is 5.26 Å². The number of carboxylic acid groups (broad SMARTS) is 1. The highest BCUT2D eigenvalue weighted by Gasteiger charge is 2.22. The van der Waals surface area contributed by atoms with E-state index >= 15 is 0 Å². The third-order valence-corrected chi connectivity index (χ3v) is 2.79. The Hall–Kier alpha value is -2.75.